The van der Waals surface area contributed by atoms with Crippen LogP contribution in [0.1, 0.15) is 19.8 Å². The van der Waals surface area contributed by atoms with Gasteiger partial charge < -0.3 is 10.1 Å². The van der Waals surface area contributed by atoms with Gasteiger partial charge in [-0.05, 0) is 44.1 Å². The summed E-state index contributed by atoms with van der Waals surface area (Å²) in [6.45, 7) is 4.59. The quantitative estimate of drug-likeness (QED) is 0.777. The average Bonchev–Trinajstić information content (AvgIpc) is 2.26. The topological polar surface area (TPSA) is 21.3 Å². The Kier molecular flexibility index (Phi) is 6.42. The first-order chi connectivity index (χ1) is 7.74. The van der Waals surface area contributed by atoms with Gasteiger partial charge in [0.2, 0.25) is 0 Å². The summed E-state index contributed by atoms with van der Waals surface area (Å²) in [5.41, 5.74) is 0. The normalized spacial score (nSPS) is 10.4. The number of halogens is 2. The molecule has 16 heavy (non-hydrogen) atoms. The smallest absolute Gasteiger partial charge is 0.166 e. The predicted octanol–water partition coefficient (Wildman–Crippen LogP) is 3.36. The molecule has 1 rings (SSSR count). The molecular weight excluding hydrogens is 273 g/mol. The fraction of sp³-hybridized carbons (Fsp3) is 0.500. The Morgan fingerprint density at radius 2 is 2.19 bits per heavy atom. The molecule has 0 aromatic heterocycles. The predicted molar refractivity (Wildman–Crippen MR) is 67.4 cm³/mol. The van der Waals surface area contributed by atoms with Crippen molar-refractivity contribution >= 4 is 15.9 Å². The summed E-state index contributed by atoms with van der Waals surface area (Å²) in [4.78, 5) is 0. The maximum Gasteiger partial charge on any atom is 0.166 e. The van der Waals surface area contributed by atoms with Gasteiger partial charge in [0.15, 0.2) is 11.6 Å². The summed E-state index contributed by atoms with van der Waals surface area (Å²) in [7, 11) is 0. The molecule has 2 nitrogen and oxygen atoms in total. The van der Waals surface area contributed by atoms with E-state index in [9.17, 15) is 4.39 Å². The molecule has 1 aromatic rings. The summed E-state index contributed by atoms with van der Waals surface area (Å²) in [5.74, 6) is -0.00501. The highest BCUT2D eigenvalue weighted by atomic mass is 79.9. The molecule has 0 saturated carbocycles. The number of nitrogens with one attached hydrogen (secondary N) is 1. The maximum atomic E-state index is 13.3. The highest BCUT2D eigenvalue weighted by Crippen LogP contribution is 2.21. The molecule has 0 saturated heterocycles. The summed E-state index contributed by atoms with van der Waals surface area (Å²) in [5, 5.41) is 3.26. The molecule has 0 bridgehead atoms. The van der Waals surface area contributed by atoms with Crippen LogP contribution in [0, 0.1) is 5.82 Å². The van der Waals surface area contributed by atoms with E-state index >= 15 is 0 Å². The van der Waals surface area contributed by atoms with Crippen molar-refractivity contribution in [3.05, 3.63) is 28.5 Å². The minimum Gasteiger partial charge on any atom is -0.490 e. The summed E-state index contributed by atoms with van der Waals surface area (Å²) < 4.78 is 19.4. The number of hydrogen-bond donors (Lipinski definition) is 1. The Morgan fingerprint density at radius 1 is 1.38 bits per heavy atom. The van der Waals surface area contributed by atoms with E-state index in [0.29, 0.717) is 12.4 Å². The Morgan fingerprint density at radius 3 is 2.88 bits per heavy atom. The molecule has 0 aliphatic carbocycles. The van der Waals surface area contributed by atoms with Gasteiger partial charge in [0.25, 0.3) is 0 Å². The van der Waals surface area contributed by atoms with Crippen molar-refractivity contribution in [2.24, 2.45) is 0 Å². The zero-order valence-electron chi connectivity index (χ0n) is 9.43. The molecule has 0 heterocycles. The molecule has 0 unspecified atom stereocenters. The molecule has 0 aliphatic rings. The first-order valence-corrected chi connectivity index (χ1v) is 6.32. The monoisotopic (exact) mass is 289 g/mol. The van der Waals surface area contributed by atoms with Crippen LogP contribution in [0.2, 0.25) is 0 Å². The van der Waals surface area contributed by atoms with Gasteiger partial charge in [-0.1, -0.05) is 22.9 Å². The minimum atomic E-state index is -0.323. The van der Waals surface area contributed by atoms with Crippen LogP contribution >= 0.6 is 15.9 Å². The lowest BCUT2D eigenvalue weighted by Crippen LogP contribution is -2.18. The fourth-order valence-corrected chi connectivity index (χ4v) is 1.61. The van der Waals surface area contributed by atoms with Crippen LogP contribution in [-0.2, 0) is 0 Å². The van der Waals surface area contributed by atoms with E-state index in [1.54, 1.807) is 12.1 Å². The average molecular weight is 290 g/mol. The lowest BCUT2D eigenvalue weighted by atomic mass is 10.3. The van der Waals surface area contributed by atoms with Gasteiger partial charge in [0, 0.05) is 4.47 Å². The first-order valence-electron chi connectivity index (χ1n) is 5.52. The fourth-order valence-electron chi connectivity index (χ4n) is 1.27. The lowest BCUT2D eigenvalue weighted by molar-refractivity contribution is 0.293. The first kappa shape index (κ1) is 13.5. The van der Waals surface area contributed by atoms with E-state index in [1.165, 1.54) is 6.07 Å². The molecular formula is C12H17BrFNO. The van der Waals surface area contributed by atoms with Crippen molar-refractivity contribution < 1.29 is 9.13 Å². The number of hydrogen-bond acceptors (Lipinski definition) is 2. The van der Waals surface area contributed by atoms with Crippen LogP contribution in [0.5, 0.6) is 5.75 Å². The number of benzene rings is 1. The van der Waals surface area contributed by atoms with Crippen molar-refractivity contribution in [3.8, 4) is 5.75 Å². The van der Waals surface area contributed by atoms with E-state index < -0.39 is 0 Å². The van der Waals surface area contributed by atoms with Crippen molar-refractivity contribution in [3.63, 3.8) is 0 Å². The van der Waals surface area contributed by atoms with Gasteiger partial charge in [0.1, 0.15) is 0 Å². The van der Waals surface area contributed by atoms with Crippen LogP contribution in [0.3, 0.4) is 0 Å². The second-order valence-electron chi connectivity index (χ2n) is 3.53. The van der Waals surface area contributed by atoms with Crippen LogP contribution in [0.4, 0.5) is 4.39 Å². The zero-order valence-corrected chi connectivity index (χ0v) is 11.0. The van der Waals surface area contributed by atoms with Crippen LogP contribution < -0.4 is 10.1 Å². The highest BCUT2D eigenvalue weighted by Gasteiger charge is 2.02. The third-order valence-corrected chi connectivity index (χ3v) is 2.57. The van der Waals surface area contributed by atoms with Gasteiger partial charge in [-0.25, -0.2) is 4.39 Å². The molecule has 0 radical (unpaired) electrons. The van der Waals surface area contributed by atoms with Crippen molar-refractivity contribution in [2.75, 3.05) is 19.7 Å². The molecule has 0 fully saturated rings. The van der Waals surface area contributed by atoms with Gasteiger partial charge in [0.05, 0.1) is 6.61 Å². The van der Waals surface area contributed by atoms with Crippen molar-refractivity contribution in [2.45, 2.75) is 19.8 Å². The van der Waals surface area contributed by atoms with Gasteiger partial charge >= 0.3 is 0 Å². The largest absolute Gasteiger partial charge is 0.490 e. The molecule has 4 heteroatoms. The van der Waals surface area contributed by atoms with Crippen LogP contribution in [0.15, 0.2) is 22.7 Å². The maximum absolute atomic E-state index is 13.3. The summed E-state index contributed by atoms with van der Waals surface area (Å²) >= 11 is 3.20. The van der Waals surface area contributed by atoms with Crippen molar-refractivity contribution in [1.82, 2.24) is 5.32 Å². The summed E-state index contributed by atoms with van der Waals surface area (Å²) in [6, 6.07) is 4.82. The molecule has 1 aromatic carbocycles. The van der Waals surface area contributed by atoms with E-state index in [4.69, 9.17) is 4.74 Å². The Labute approximate surface area is 104 Å². The summed E-state index contributed by atoms with van der Waals surface area (Å²) in [6.07, 6.45) is 2.01. The Balaban J connectivity index is 2.21. The Hall–Kier alpha value is -0.610. The standard InChI is InChI=1S/C12H17BrFNO/c1-2-6-15-7-3-8-16-12-5-4-10(13)9-11(12)14/h4-5,9,15H,2-3,6-8H2,1H3. The van der Waals surface area contributed by atoms with Crippen molar-refractivity contribution in [1.29, 1.82) is 0 Å². The third-order valence-electron chi connectivity index (χ3n) is 2.08. The van der Waals surface area contributed by atoms with Crippen LogP contribution in [0.25, 0.3) is 0 Å². The minimum absolute atomic E-state index is 0.318. The van der Waals surface area contributed by atoms with E-state index in [-0.39, 0.29) is 5.82 Å². The molecule has 90 valence electrons. The SMILES string of the molecule is CCCNCCCOc1ccc(Br)cc1F. The van der Waals surface area contributed by atoms with E-state index in [1.807, 2.05) is 0 Å². The second kappa shape index (κ2) is 7.63. The molecule has 0 spiro atoms. The number of ether oxygens (including phenoxy) is 1. The zero-order chi connectivity index (χ0) is 11.8. The number of rotatable bonds is 7. The molecule has 0 atom stereocenters. The van der Waals surface area contributed by atoms with Gasteiger partial charge in [-0.15, -0.1) is 0 Å². The molecule has 0 amide bonds. The molecule has 1 N–H and O–H groups in total. The lowest BCUT2D eigenvalue weighted by Gasteiger charge is -2.07. The van der Waals surface area contributed by atoms with Gasteiger partial charge in [-0.3, -0.25) is 0 Å². The molecule has 0 aliphatic heterocycles. The van der Waals surface area contributed by atoms with Crippen LogP contribution in [-0.4, -0.2) is 19.7 Å². The van der Waals surface area contributed by atoms with E-state index in [0.717, 1.165) is 30.4 Å². The third kappa shape index (κ3) is 4.94. The second-order valence-corrected chi connectivity index (χ2v) is 4.44. The van der Waals surface area contributed by atoms with E-state index in [2.05, 4.69) is 28.2 Å². The Bertz CT molecular complexity index is 320. The highest BCUT2D eigenvalue weighted by molar-refractivity contribution is 9.10. The van der Waals surface area contributed by atoms with Gasteiger partial charge in [-0.2, -0.15) is 0 Å².